The first-order valence-electron chi connectivity index (χ1n) is 7.44. The first-order chi connectivity index (χ1) is 10.4. The molecule has 6 nitrogen and oxygen atoms in total. The second-order valence-corrected chi connectivity index (χ2v) is 5.03. The van der Waals surface area contributed by atoms with Crippen LogP contribution < -0.4 is 0 Å². The SMILES string of the molecule is CCOCCOCCOCCOCCOCCOCCI. The zero-order valence-electron chi connectivity index (χ0n) is 13.0. The molecule has 0 spiro atoms. The summed E-state index contributed by atoms with van der Waals surface area (Å²) in [6.07, 6.45) is 0. The molecule has 0 heterocycles. The fraction of sp³-hybridized carbons (Fsp3) is 1.00. The number of ether oxygens (including phenoxy) is 6. The summed E-state index contributed by atoms with van der Waals surface area (Å²) in [5.41, 5.74) is 0. The molecule has 0 aliphatic rings. The van der Waals surface area contributed by atoms with E-state index in [1.54, 1.807) is 0 Å². The van der Waals surface area contributed by atoms with E-state index in [4.69, 9.17) is 28.4 Å². The van der Waals surface area contributed by atoms with E-state index in [-0.39, 0.29) is 0 Å². The van der Waals surface area contributed by atoms with Crippen LogP contribution in [0.4, 0.5) is 0 Å². The lowest BCUT2D eigenvalue weighted by molar-refractivity contribution is -0.0155. The van der Waals surface area contributed by atoms with Crippen molar-refractivity contribution in [2.45, 2.75) is 6.92 Å². The van der Waals surface area contributed by atoms with Gasteiger partial charge in [0.05, 0.1) is 72.7 Å². The molecular weight excluding hydrogens is 391 g/mol. The lowest BCUT2D eigenvalue weighted by atomic mass is 10.7. The minimum absolute atomic E-state index is 0.577. The van der Waals surface area contributed by atoms with Crippen molar-refractivity contribution in [1.29, 1.82) is 0 Å². The van der Waals surface area contributed by atoms with Gasteiger partial charge in [0.2, 0.25) is 0 Å². The van der Waals surface area contributed by atoms with Gasteiger partial charge < -0.3 is 28.4 Å². The molecule has 0 saturated carbocycles. The van der Waals surface area contributed by atoms with Gasteiger partial charge in [-0.05, 0) is 6.92 Å². The third-order valence-electron chi connectivity index (χ3n) is 2.29. The summed E-state index contributed by atoms with van der Waals surface area (Å²) in [6, 6.07) is 0. The van der Waals surface area contributed by atoms with Crippen LogP contribution in [0.5, 0.6) is 0 Å². The fourth-order valence-corrected chi connectivity index (χ4v) is 1.61. The second-order valence-electron chi connectivity index (χ2n) is 3.95. The summed E-state index contributed by atoms with van der Waals surface area (Å²) >= 11 is 2.28. The zero-order chi connectivity index (χ0) is 15.4. The van der Waals surface area contributed by atoms with Crippen molar-refractivity contribution in [2.75, 3.05) is 83.7 Å². The zero-order valence-corrected chi connectivity index (χ0v) is 15.2. The molecule has 0 unspecified atom stereocenters. The van der Waals surface area contributed by atoms with Crippen molar-refractivity contribution in [2.24, 2.45) is 0 Å². The van der Waals surface area contributed by atoms with Gasteiger partial charge in [0.15, 0.2) is 0 Å². The van der Waals surface area contributed by atoms with Crippen LogP contribution in [0.2, 0.25) is 0 Å². The molecule has 21 heavy (non-hydrogen) atoms. The average molecular weight is 420 g/mol. The Kier molecular flexibility index (Phi) is 21.0. The summed E-state index contributed by atoms with van der Waals surface area (Å²) < 4.78 is 32.8. The monoisotopic (exact) mass is 420 g/mol. The van der Waals surface area contributed by atoms with E-state index in [0.717, 1.165) is 17.6 Å². The Balaban J connectivity index is 2.90. The van der Waals surface area contributed by atoms with Crippen LogP contribution in [0.25, 0.3) is 0 Å². The number of alkyl halides is 1. The van der Waals surface area contributed by atoms with Gasteiger partial charge in [-0.15, -0.1) is 0 Å². The highest BCUT2D eigenvalue weighted by Crippen LogP contribution is 1.85. The molecule has 0 aromatic carbocycles. The minimum Gasteiger partial charge on any atom is -0.379 e. The molecule has 0 atom stereocenters. The number of hydrogen-bond donors (Lipinski definition) is 0. The maximum atomic E-state index is 5.37. The molecule has 0 bridgehead atoms. The van der Waals surface area contributed by atoms with Crippen LogP contribution in [0, 0.1) is 0 Å². The van der Waals surface area contributed by atoms with E-state index in [2.05, 4.69) is 22.6 Å². The van der Waals surface area contributed by atoms with Crippen LogP contribution in [0.1, 0.15) is 6.92 Å². The van der Waals surface area contributed by atoms with Crippen molar-refractivity contribution in [3.8, 4) is 0 Å². The molecule has 0 amide bonds. The van der Waals surface area contributed by atoms with Gasteiger partial charge in [-0.1, -0.05) is 22.6 Å². The van der Waals surface area contributed by atoms with E-state index in [1.165, 1.54) is 0 Å². The van der Waals surface area contributed by atoms with Crippen LogP contribution in [0.15, 0.2) is 0 Å². The Bertz CT molecular complexity index is 167. The smallest absolute Gasteiger partial charge is 0.0701 e. The largest absolute Gasteiger partial charge is 0.379 e. The maximum absolute atomic E-state index is 5.37. The number of halogens is 1. The van der Waals surface area contributed by atoms with E-state index < -0.39 is 0 Å². The van der Waals surface area contributed by atoms with Gasteiger partial charge >= 0.3 is 0 Å². The Hall–Kier alpha value is 0.490. The first kappa shape index (κ1) is 21.5. The maximum Gasteiger partial charge on any atom is 0.0701 e. The van der Waals surface area contributed by atoms with Crippen LogP contribution in [-0.2, 0) is 28.4 Å². The minimum atomic E-state index is 0.577. The van der Waals surface area contributed by atoms with Gasteiger partial charge in [0.1, 0.15) is 0 Å². The van der Waals surface area contributed by atoms with Crippen molar-refractivity contribution >= 4 is 22.6 Å². The number of hydrogen-bond acceptors (Lipinski definition) is 6. The van der Waals surface area contributed by atoms with Gasteiger partial charge in [-0.2, -0.15) is 0 Å². The summed E-state index contributed by atoms with van der Waals surface area (Å²) in [5, 5.41) is 0. The topological polar surface area (TPSA) is 55.4 Å². The van der Waals surface area contributed by atoms with Crippen LogP contribution >= 0.6 is 22.6 Å². The van der Waals surface area contributed by atoms with E-state index in [1.807, 2.05) is 6.92 Å². The van der Waals surface area contributed by atoms with Crippen molar-refractivity contribution < 1.29 is 28.4 Å². The quantitative estimate of drug-likeness (QED) is 0.191. The highest BCUT2D eigenvalue weighted by atomic mass is 127. The Labute approximate surface area is 141 Å². The normalized spacial score (nSPS) is 11.1. The van der Waals surface area contributed by atoms with Gasteiger partial charge in [-0.25, -0.2) is 0 Å². The first-order valence-corrected chi connectivity index (χ1v) is 8.96. The molecule has 0 rings (SSSR count). The predicted molar refractivity (Wildman–Crippen MR) is 89.5 cm³/mol. The van der Waals surface area contributed by atoms with Crippen LogP contribution in [0.3, 0.4) is 0 Å². The molecular formula is C14H29IO6. The van der Waals surface area contributed by atoms with Crippen molar-refractivity contribution in [1.82, 2.24) is 0 Å². The molecule has 7 heteroatoms. The molecule has 0 radical (unpaired) electrons. The molecule has 0 aliphatic carbocycles. The third-order valence-corrected chi connectivity index (χ3v) is 2.73. The lowest BCUT2D eigenvalue weighted by Crippen LogP contribution is -2.14. The highest BCUT2D eigenvalue weighted by Gasteiger charge is 1.93. The van der Waals surface area contributed by atoms with E-state index >= 15 is 0 Å². The van der Waals surface area contributed by atoms with Gasteiger partial charge in [0, 0.05) is 11.0 Å². The fourth-order valence-electron chi connectivity index (χ4n) is 1.30. The van der Waals surface area contributed by atoms with Gasteiger partial charge in [0.25, 0.3) is 0 Å². The van der Waals surface area contributed by atoms with Crippen molar-refractivity contribution in [3.63, 3.8) is 0 Å². The standard InChI is InChI=1S/C14H29IO6/c1-2-16-5-6-18-9-10-20-13-14-21-12-11-19-8-7-17-4-3-15/h2-14H2,1H3. The molecule has 0 aromatic heterocycles. The summed E-state index contributed by atoms with van der Waals surface area (Å²) in [4.78, 5) is 0. The molecule has 0 fully saturated rings. The summed E-state index contributed by atoms with van der Waals surface area (Å²) in [6.45, 7) is 9.51. The Morgan fingerprint density at radius 2 is 0.762 bits per heavy atom. The Morgan fingerprint density at radius 3 is 1.05 bits per heavy atom. The molecule has 0 N–H and O–H groups in total. The lowest BCUT2D eigenvalue weighted by Gasteiger charge is -2.07. The predicted octanol–water partition coefficient (Wildman–Crippen LogP) is 1.54. The van der Waals surface area contributed by atoms with E-state index in [9.17, 15) is 0 Å². The Morgan fingerprint density at radius 1 is 0.476 bits per heavy atom. The van der Waals surface area contributed by atoms with E-state index in [0.29, 0.717) is 66.1 Å². The molecule has 0 saturated heterocycles. The number of rotatable bonds is 18. The second kappa shape index (κ2) is 20.5. The molecule has 0 aliphatic heterocycles. The molecule has 128 valence electrons. The van der Waals surface area contributed by atoms with Crippen molar-refractivity contribution in [3.05, 3.63) is 0 Å². The summed E-state index contributed by atoms with van der Waals surface area (Å²) in [5.74, 6) is 0. The molecule has 0 aromatic rings. The summed E-state index contributed by atoms with van der Waals surface area (Å²) in [7, 11) is 0. The third kappa shape index (κ3) is 20.5. The average Bonchev–Trinajstić information content (AvgIpc) is 2.50. The van der Waals surface area contributed by atoms with Gasteiger partial charge in [-0.3, -0.25) is 0 Å². The highest BCUT2D eigenvalue weighted by molar-refractivity contribution is 14.1. The van der Waals surface area contributed by atoms with Crippen LogP contribution in [-0.4, -0.2) is 83.7 Å².